The summed E-state index contributed by atoms with van der Waals surface area (Å²) in [5.74, 6) is -0.893. The standard InChI is InChI=1S/C6Cl4O3/c7-1-3(9)6(13-12)4(10)2(8)5(1)11/p+1. The molecule has 1 aromatic rings. The number of hydrogen-bond acceptors (Lipinski definition) is 2. The Kier molecular flexibility index (Phi) is 3.24. The molecule has 0 radical (unpaired) electrons. The molecule has 0 spiro atoms. The minimum atomic E-state index is -0.487. The van der Waals surface area contributed by atoms with E-state index in [0.717, 1.165) is 0 Å². The third-order valence-corrected chi connectivity index (χ3v) is 2.93. The second-order valence-electron chi connectivity index (χ2n) is 2.02. The molecule has 0 saturated carbocycles. The van der Waals surface area contributed by atoms with Gasteiger partial charge in [-0.25, -0.2) is 0 Å². The lowest BCUT2D eigenvalue weighted by Crippen LogP contribution is -1.78. The molecule has 0 fully saturated rings. The monoisotopic (exact) mass is 261 g/mol. The minimum absolute atomic E-state index is 0.274. The van der Waals surface area contributed by atoms with Crippen molar-refractivity contribution in [2.24, 2.45) is 0 Å². The first-order valence-electron chi connectivity index (χ1n) is 2.85. The van der Waals surface area contributed by atoms with Crippen LogP contribution in [0.15, 0.2) is 0 Å². The SMILES string of the molecule is O=[O+]c1c(Cl)c(Cl)c(O)c(Cl)c1Cl. The number of halogens is 4. The lowest BCUT2D eigenvalue weighted by molar-refractivity contribution is 0.476. The van der Waals surface area contributed by atoms with E-state index < -0.39 is 11.5 Å². The first-order chi connectivity index (χ1) is 6.00. The fraction of sp³-hybridized carbons (Fsp3) is 0. The molecule has 70 valence electrons. The van der Waals surface area contributed by atoms with Gasteiger partial charge >= 0.3 is 5.75 Å². The van der Waals surface area contributed by atoms with Crippen molar-refractivity contribution < 1.29 is 5.11 Å². The fourth-order valence-electron chi connectivity index (χ4n) is 0.673. The van der Waals surface area contributed by atoms with E-state index in [1.54, 1.807) is 0 Å². The molecule has 0 saturated heterocycles. The summed E-state index contributed by atoms with van der Waals surface area (Å²) in [6.45, 7) is 0. The highest BCUT2D eigenvalue weighted by Gasteiger charge is 2.30. The Morgan fingerprint density at radius 2 is 1.31 bits per heavy atom. The lowest BCUT2D eigenvalue weighted by Gasteiger charge is -2.00. The van der Waals surface area contributed by atoms with Crippen LogP contribution in [-0.2, 0) is 0 Å². The van der Waals surface area contributed by atoms with Crippen LogP contribution in [-0.4, -0.2) is 5.11 Å². The van der Waals surface area contributed by atoms with E-state index in [9.17, 15) is 10.1 Å². The van der Waals surface area contributed by atoms with Crippen LogP contribution in [0.25, 0.3) is 0 Å². The Morgan fingerprint density at radius 3 is 1.62 bits per heavy atom. The van der Waals surface area contributed by atoms with Gasteiger partial charge in [0.15, 0.2) is 15.8 Å². The van der Waals surface area contributed by atoms with Crippen molar-refractivity contribution in [2.45, 2.75) is 0 Å². The van der Waals surface area contributed by atoms with Crippen molar-refractivity contribution in [3.05, 3.63) is 29.7 Å². The van der Waals surface area contributed by atoms with Gasteiger partial charge in [0.25, 0.3) is 0 Å². The summed E-state index contributed by atoms with van der Waals surface area (Å²) in [6.07, 6.45) is 0. The predicted octanol–water partition coefficient (Wildman–Crippen LogP) is 4.34. The molecule has 1 N–H and O–H groups in total. The highest BCUT2D eigenvalue weighted by Crippen LogP contribution is 2.49. The van der Waals surface area contributed by atoms with Gasteiger partial charge in [0.2, 0.25) is 4.96 Å². The van der Waals surface area contributed by atoms with E-state index in [0.29, 0.717) is 0 Å². The maximum atomic E-state index is 10.1. The molecule has 3 nitrogen and oxygen atoms in total. The van der Waals surface area contributed by atoms with Crippen molar-refractivity contribution in [2.75, 3.05) is 0 Å². The molecule has 0 amide bonds. The quantitative estimate of drug-likeness (QED) is 0.605. The van der Waals surface area contributed by atoms with E-state index in [-0.39, 0.29) is 20.1 Å². The molecule has 1 aromatic carbocycles. The second-order valence-corrected chi connectivity index (χ2v) is 3.53. The van der Waals surface area contributed by atoms with Gasteiger partial charge in [-0.05, 0) is 0 Å². The molecule has 13 heavy (non-hydrogen) atoms. The molecule has 0 heterocycles. The van der Waals surface area contributed by atoms with Gasteiger partial charge in [0.05, 0.1) is 4.60 Å². The van der Waals surface area contributed by atoms with Crippen molar-refractivity contribution >= 4 is 46.4 Å². The fourth-order valence-corrected chi connectivity index (χ4v) is 1.56. The molecular weight excluding hydrogens is 262 g/mol. The Balaban J connectivity index is 3.66. The average Bonchev–Trinajstić information content (AvgIpc) is 2.13. The maximum Gasteiger partial charge on any atom is 0.478 e. The normalized spacial score (nSPS) is 10.2. The number of rotatable bonds is 1. The van der Waals surface area contributed by atoms with E-state index >= 15 is 0 Å². The zero-order chi connectivity index (χ0) is 10.2. The summed E-state index contributed by atoms with van der Waals surface area (Å²) in [7, 11) is 0. The Bertz CT molecular complexity index is 348. The smallest absolute Gasteiger partial charge is 0.478 e. The molecule has 0 unspecified atom stereocenters. The molecule has 0 aliphatic rings. The van der Waals surface area contributed by atoms with Crippen molar-refractivity contribution in [3.63, 3.8) is 0 Å². The zero-order valence-corrected chi connectivity index (χ0v) is 8.80. The van der Waals surface area contributed by atoms with Crippen LogP contribution < -0.4 is 0 Å². The molecule has 0 aliphatic carbocycles. The summed E-state index contributed by atoms with van der Waals surface area (Å²) >= 11 is 22.0. The number of phenolic OH excluding ortho intramolecular Hbond substituents is 1. The van der Waals surface area contributed by atoms with Crippen LogP contribution in [0.1, 0.15) is 0 Å². The van der Waals surface area contributed by atoms with Crippen LogP contribution in [0.5, 0.6) is 11.5 Å². The number of hydrogen-bond donors (Lipinski definition) is 1. The van der Waals surface area contributed by atoms with Gasteiger partial charge < -0.3 is 5.11 Å². The van der Waals surface area contributed by atoms with Gasteiger partial charge in [-0.15, -0.1) is 0 Å². The van der Waals surface area contributed by atoms with E-state index in [1.807, 2.05) is 0 Å². The molecular formula is C6HCl4O3+. The van der Waals surface area contributed by atoms with Gasteiger partial charge in [0.1, 0.15) is 10.0 Å². The number of benzene rings is 1. The first kappa shape index (κ1) is 10.9. The minimum Gasteiger partial charge on any atom is -0.505 e. The zero-order valence-electron chi connectivity index (χ0n) is 5.78. The van der Waals surface area contributed by atoms with Gasteiger partial charge in [-0.1, -0.05) is 46.4 Å². The van der Waals surface area contributed by atoms with Crippen LogP contribution in [0, 0.1) is 9.56 Å². The first-order valence-corrected chi connectivity index (χ1v) is 4.36. The van der Waals surface area contributed by atoms with Crippen LogP contribution in [0.3, 0.4) is 0 Å². The number of phenols is 1. The Labute approximate surface area is 92.7 Å². The summed E-state index contributed by atoms with van der Waals surface area (Å²) in [4.78, 5) is 10.1. The topological polar surface area (TPSA) is 48.6 Å². The summed E-state index contributed by atoms with van der Waals surface area (Å²) in [6, 6.07) is 0. The van der Waals surface area contributed by atoms with Crippen LogP contribution in [0.2, 0.25) is 20.1 Å². The van der Waals surface area contributed by atoms with Gasteiger partial charge in [-0.3, -0.25) is 0 Å². The molecule has 0 atom stereocenters. The van der Waals surface area contributed by atoms with E-state index in [1.165, 1.54) is 0 Å². The van der Waals surface area contributed by atoms with Crippen LogP contribution in [0.4, 0.5) is 0 Å². The number of aromatic hydroxyl groups is 1. The van der Waals surface area contributed by atoms with Crippen molar-refractivity contribution in [3.8, 4) is 11.5 Å². The van der Waals surface area contributed by atoms with Gasteiger partial charge in [-0.2, -0.15) is 0 Å². The Morgan fingerprint density at radius 1 is 0.923 bits per heavy atom. The summed E-state index contributed by atoms with van der Waals surface area (Å²) in [5, 5.41) is 8.10. The van der Waals surface area contributed by atoms with Crippen LogP contribution >= 0.6 is 46.4 Å². The molecule has 0 bridgehead atoms. The van der Waals surface area contributed by atoms with E-state index in [2.05, 4.69) is 4.60 Å². The third-order valence-electron chi connectivity index (χ3n) is 1.28. The Hall–Kier alpha value is -0.220. The predicted molar refractivity (Wildman–Crippen MR) is 54.3 cm³/mol. The molecule has 1 rings (SSSR count). The largest absolute Gasteiger partial charge is 0.505 e. The van der Waals surface area contributed by atoms with Crippen molar-refractivity contribution in [1.82, 2.24) is 0 Å². The highest BCUT2D eigenvalue weighted by atomic mass is 35.5. The summed E-state index contributed by atoms with van der Waals surface area (Å²) in [5.41, 5.74) is 0. The molecule has 0 aliphatic heterocycles. The highest BCUT2D eigenvalue weighted by molar-refractivity contribution is 6.50. The van der Waals surface area contributed by atoms with Gasteiger partial charge in [0, 0.05) is 0 Å². The molecule has 0 aromatic heterocycles. The maximum absolute atomic E-state index is 10.1. The lowest BCUT2D eigenvalue weighted by atomic mass is 10.3. The van der Waals surface area contributed by atoms with Crippen molar-refractivity contribution in [1.29, 1.82) is 0 Å². The third kappa shape index (κ3) is 1.70. The average molecular weight is 263 g/mol. The molecule has 7 heteroatoms. The summed E-state index contributed by atoms with van der Waals surface area (Å²) < 4.78 is 3.60. The second kappa shape index (κ2) is 3.88. The van der Waals surface area contributed by atoms with E-state index in [4.69, 9.17) is 46.4 Å².